The molecule has 0 bridgehead atoms. The summed E-state index contributed by atoms with van der Waals surface area (Å²) >= 11 is 10.9. The number of hydrogen-bond acceptors (Lipinski definition) is 5. The summed E-state index contributed by atoms with van der Waals surface area (Å²) in [6, 6.07) is 11.5. The molecular formula is C18H15BrClFN2O2S2. The van der Waals surface area contributed by atoms with E-state index in [1.807, 2.05) is 24.3 Å². The number of hydrogen-bond donors (Lipinski definition) is 0. The second-order valence-corrected chi connectivity index (χ2v) is 10.9. The van der Waals surface area contributed by atoms with E-state index in [1.165, 1.54) is 17.8 Å². The second kappa shape index (κ2) is 7.39. The Morgan fingerprint density at radius 2 is 2.04 bits per heavy atom. The lowest BCUT2D eigenvalue weighted by atomic mass is 10.1. The van der Waals surface area contributed by atoms with Gasteiger partial charge in [-0.15, -0.1) is 0 Å². The van der Waals surface area contributed by atoms with E-state index in [-0.39, 0.29) is 23.6 Å². The monoisotopic (exact) mass is 488 g/mol. The molecule has 2 aliphatic rings. The van der Waals surface area contributed by atoms with Gasteiger partial charge in [-0.25, -0.2) is 12.8 Å². The minimum atomic E-state index is -3.18. The van der Waals surface area contributed by atoms with E-state index in [4.69, 9.17) is 11.6 Å². The van der Waals surface area contributed by atoms with E-state index < -0.39 is 15.7 Å². The van der Waals surface area contributed by atoms with Gasteiger partial charge in [0, 0.05) is 15.2 Å². The Balaban J connectivity index is 1.66. The van der Waals surface area contributed by atoms with Crippen molar-refractivity contribution >= 4 is 60.0 Å². The van der Waals surface area contributed by atoms with Crippen LogP contribution in [0, 0.1) is 5.82 Å². The van der Waals surface area contributed by atoms with Crippen LogP contribution in [0.2, 0.25) is 5.02 Å². The van der Waals surface area contributed by atoms with Gasteiger partial charge in [-0.3, -0.25) is 4.99 Å². The van der Waals surface area contributed by atoms with Crippen LogP contribution in [0.4, 0.5) is 10.1 Å². The fourth-order valence-electron chi connectivity index (χ4n) is 3.35. The van der Waals surface area contributed by atoms with Crippen LogP contribution in [0.3, 0.4) is 0 Å². The average molecular weight is 490 g/mol. The van der Waals surface area contributed by atoms with Crippen LogP contribution in [0.15, 0.2) is 51.9 Å². The molecule has 2 atom stereocenters. The maximum absolute atomic E-state index is 14.6. The number of fused-ring (bicyclic) bond motifs is 1. The molecule has 0 amide bonds. The van der Waals surface area contributed by atoms with Crippen molar-refractivity contribution in [3.05, 3.63) is 63.3 Å². The summed E-state index contributed by atoms with van der Waals surface area (Å²) in [7, 11) is -3.18. The number of sulfone groups is 1. The standard InChI is InChI=1S/C18H15BrClFN2O2S2/c19-12-5-6-16(14(21)7-12)23-17-10-27(24,25)9-15(17)22-18(23)26-8-11-3-1-2-4-13(11)20/h1-7,15,17H,8-10H2. The first-order chi connectivity index (χ1) is 12.8. The lowest BCUT2D eigenvalue weighted by molar-refractivity contribution is 0.600. The van der Waals surface area contributed by atoms with Crippen LogP contribution in [-0.2, 0) is 15.6 Å². The predicted molar refractivity (Wildman–Crippen MR) is 113 cm³/mol. The van der Waals surface area contributed by atoms with Crippen LogP contribution in [-0.4, -0.2) is 37.2 Å². The molecular weight excluding hydrogens is 475 g/mol. The smallest absolute Gasteiger partial charge is 0.164 e. The van der Waals surface area contributed by atoms with Crippen molar-refractivity contribution in [2.45, 2.75) is 17.8 Å². The minimum absolute atomic E-state index is 0.00245. The zero-order valence-electron chi connectivity index (χ0n) is 14.0. The molecule has 2 aromatic rings. The highest BCUT2D eigenvalue weighted by Crippen LogP contribution is 2.38. The third-order valence-electron chi connectivity index (χ3n) is 4.59. The molecule has 2 aliphatic heterocycles. The molecule has 142 valence electrons. The minimum Gasteiger partial charge on any atom is -0.312 e. The summed E-state index contributed by atoms with van der Waals surface area (Å²) in [5, 5.41) is 1.29. The van der Waals surface area contributed by atoms with Gasteiger partial charge < -0.3 is 4.90 Å². The zero-order valence-corrected chi connectivity index (χ0v) is 18.0. The summed E-state index contributed by atoms with van der Waals surface area (Å²) in [5.41, 5.74) is 1.29. The Kier molecular flexibility index (Phi) is 5.26. The Morgan fingerprint density at radius 3 is 2.78 bits per heavy atom. The Bertz CT molecular complexity index is 1030. The second-order valence-electron chi connectivity index (χ2n) is 6.47. The number of anilines is 1. The van der Waals surface area contributed by atoms with Crippen LogP contribution < -0.4 is 4.90 Å². The fourth-order valence-corrected chi connectivity index (χ4v) is 6.93. The molecule has 2 aromatic carbocycles. The topological polar surface area (TPSA) is 49.7 Å². The first-order valence-electron chi connectivity index (χ1n) is 8.23. The van der Waals surface area contributed by atoms with Gasteiger partial charge in [0.25, 0.3) is 0 Å². The van der Waals surface area contributed by atoms with Crippen molar-refractivity contribution in [1.82, 2.24) is 0 Å². The van der Waals surface area contributed by atoms with Gasteiger partial charge in [0.1, 0.15) is 5.82 Å². The van der Waals surface area contributed by atoms with Crippen molar-refractivity contribution in [2.24, 2.45) is 4.99 Å². The Labute approximate surface area is 174 Å². The number of halogens is 3. The summed E-state index contributed by atoms with van der Waals surface area (Å²) in [6.07, 6.45) is 0. The maximum atomic E-state index is 14.6. The SMILES string of the molecule is O=S1(=O)CC2N=C(SCc3ccccc3Cl)N(c3ccc(Br)cc3F)C2C1. The highest BCUT2D eigenvalue weighted by atomic mass is 79.9. The lowest BCUT2D eigenvalue weighted by Crippen LogP contribution is -2.39. The van der Waals surface area contributed by atoms with Gasteiger partial charge in [0.05, 0.1) is 29.3 Å². The number of aliphatic imine (C=N–C) groups is 1. The van der Waals surface area contributed by atoms with Crippen LogP contribution in [0.1, 0.15) is 5.56 Å². The summed E-state index contributed by atoms with van der Waals surface area (Å²) < 4.78 is 39.4. The van der Waals surface area contributed by atoms with Gasteiger partial charge >= 0.3 is 0 Å². The number of benzene rings is 2. The molecule has 9 heteroatoms. The zero-order chi connectivity index (χ0) is 19.2. The summed E-state index contributed by atoms with van der Waals surface area (Å²) in [5.74, 6) is 0.134. The first-order valence-corrected chi connectivity index (χ1v) is 12.2. The van der Waals surface area contributed by atoms with Gasteiger partial charge in [0.15, 0.2) is 15.0 Å². The van der Waals surface area contributed by atoms with Crippen molar-refractivity contribution in [3.8, 4) is 0 Å². The van der Waals surface area contributed by atoms with Crippen molar-refractivity contribution in [1.29, 1.82) is 0 Å². The normalized spacial score (nSPS) is 23.4. The molecule has 1 saturated heterocycles. The molecule has 4 rings (SSSR count). The average Bonchev–Trinajstić information content (AvgIpc) is 3.06. The van der Waals surface area contributed by atoms with Crippen molar-refractivity contribution in [3.63, 3.8) is 0 Å². The van der Waals surface area contributed by atoms with Gasteiger partial charge in [-0.1, -0.05) is 57.5 Å². The maximum Gasteiger partial charge on any atom is 0.164 e. The molecule has 0 aliphatic carbocycles. The van der Waals surface area contributed by atoms with E-state index in [2.05, 4.69) is 20.9 Å². The number of rotatable bonds is 3. The molecule has 2 heterocycles. The summed E-state index contributed by atoms with van der Waals surface area (Å²) in [6.45, 7) is 0. The molecule has 27 heavy (non-hydrogen) atoms. The molecule has 0 radical (unpaired) electrons. The molecule has 0 aromatic heterocycles. The van der Waals surface area contributed by atoms with Gasteiger partial charge in [-0.05, 0) is 29.8 Å². The van der Waals surface area contributed by atoms with Gasteiger partial charge in [0.2, 0.25) is 0 Å². The molecule has 0 spiro atoms. The van der Waals surface area contributed by atoms with Crippen LogP contribution in [0.25, 0.3) is 0 Å². The third-order valence-corrected chi connectivity index (χ3v) is 8.17. The van der Waals surface area contributed by atoms with Gasteiger partial charge in [-0.2, -0.15) is 0 Å². The number of thioether (sulfide) groups is 1. The van der Waals surface area contributed by atoms with Crippen LogP contribution >= 0.6 is 39.3 Å². The molecule has 0 saturated carbocycles. The molecule has 0 N–H and O–H groups in total. The molecule has 1 fully saturated rings. The molecule has 4 nitrogen and oxygen atoms in total. The van der Waals surface area contributed by atoms with E-state index in [0.29, 0.717) is 26.1 Å². The van der Waals surface area contributed by atoms with Crippen molar-refractivity contribution in [2.75, 3.05) is 16.4 Å². The lowest BCUT2D eigenvalue weighted by Gasteiger charge is -2.27. The van der Waals surface area contributed by atoms with E-state index >= 15 is 0 Å². The number of amidine groups is 1. The van der Waals surface area contributed by atoms with E-state index in [1.54, 1.807) is 17.0 Å². The summed E-state index contributed by atoms with van der Waals surface area (Å²) in [4.78, 5) is 6.35. The van der Waals surface area contributed by atoms with E-state index in [0.717, 1.165) is 5.56 Å². The van der Waals surface area contributed by atoms with Crippen molar-refractivity contribution < 1.29 is 12.8 Å². The van der Waals surface area contributed by atoms with E-state index in [9.17, 15) is 12.8 Å². The fraction of sp³-hybridized carbons (Fsp3) is 0.278. The first kappa shape index (κ1) is 19.2. The third kappa shape index (κ3) is 3.90. The quantitative estimate of drug-likeness (QED) is 0.636. The van der Waals surface area contributed by atoms with Crippen LogP contribution in [0.5, 0.6) is 0 Å². The highest BCUT2D eigenvalue weighted by molar-refractivity contribution is 9.10. The Morgan fingerprint density at radius 1 is 1.26 bits per heavy atom. The predicted octanol–water partition coefficient (Wildman–Crippen LogP) is 4.52. The Hall–Kier alpha value is -1.09. The molecule has 2 unspecified atom stereocenters. The number of nitrogens with zero attached hydrogens (tertiary/aromatic N) is 2. The highest BCUT2D eigenvalue weighted by Gasteiger charge is 2.47. The largest absolute Gasteiger partial charge is 0.312 e.